The molecule has 0 aliphatic rings. The molecule has 1 atom stereocenters. The van der Waals surface area contributed by atoms with Gasteiger partial charge < -0.3 is 24.8 Å². The molecule has 0 radical (unpaired) electrons. The normalized spacial score (nSPS) is 11.5. The summed E-state index contributed by atoms with van der Waals surface area (Å²) in [6, 6.07) is 12.4. The average molecular weight is 344 g/mol. The number of carbonyl (C=O) groups is 1. The maximum absolute atomic E-state index is 12.4. The Balaban J connectivity index is 2.10. The largest absolute Gasteiger partial charge is 0.497 e. The molecule has 2 amide bonds. The summed E-state index contributed by atoms with van der Waals surface area (Å²) in [6.45, 7) is 2.31. The molecule has 25 heavy (non-hydrogen) atoms. The number of carbonyl (C=O) groups excluding carboxylic acids is 1. The fraction of sp³-hybridized carbons (Fsp3) is 0.316. The van der Waals surface area contributed by atoms with Gasteiger partial charge in [0.05, 0.1) is 26.9 Å². The monoisotopic (exact) mass is 344 g/mol. The molecule has 134 valence electrons. The van der Waals surface area contributed by atoms with Crippen LogP contribution in [0.3, 0.4) is 0 Å². The molecular formula is C19H24N2O4. The molecule has 0 saturated carbocycles. The summed E-state index contributed by atoms with van der Waals surface area (Å²) in [7, 11) is 4.82. The highest BCUT2D eigenvalue weighted by Gasteiger charge is 2.16. The van der Waals surface area contributed by atoms with Gasteiger partial charge in [0, 0.05) is 23.9 Å². The van der Waals surface area contributed by atoms with Crippen molar-refractivity contribution in [1.82, 2.24) is 5.32 Å². The van der Waals surface area contributed by atoms with Gasteiger partial charge in [-0.2, -0.15) is 0 Å². The third kappa shape index (κ3) is 4.87. The number of anilines is 1. The Bertz CT molecular complexity index is 718. The fourth-order valence-electron chi connectivity index (χ4n) is 2.53. The van der Waals surface area contributed by atoms with Crippen molar-refractivity contribution in [3.05, 3.63) is 53.6 Å². The second kappa shape index (κ2) is 8.94. The lowest BCUT2D eigenvalue weighted by Crippen LogP contribution is -2.31. The maximum atomic E-state index is 12.4. The van der Waals surface area contributed by atoms with Crippen LogP contribution in [-0.4, -0.2) is 27.4 Å². The summed E-state index contributed by atoms with van der Waals surface area (Å²) in [5.74, 6) is 1.39. The molecule has 2 aromatic rings. The Labute approximate surface area is 148 Å². The number of benzene rings is 2. The van der Waals surface area contributed by atoms with Gasteiger partial charge in [0.2, 0.25) is 0 Å². The first-order valence-corrected chi connectivity index (χ1v) is 7.95. The molecule has 2 aromatic carbocycles. The number of ether oxygens (including phenoxy) is 3. The molecule has 0 spiro atoms. The number of amides is 2. The van der Waals surface area contributed by atoms with Gasteiger partial charge in [0.15, 0.2) is 0 Å². The predicted octanol–water partition coefficient (Wildman–Crippen LogP) is 3.73. The van der Waals surface area contributed by atoms with Crippen molar-refractivity contribution < 1.29 is 19.0 Å². The highest BCUT2D eigenvalue weighted by Crippen LogP contribution is 2.29. The lowest BCUT2D eigenvalue weighted by Gasteiger charge is -2.19. The number of hydrogen-bond donors (Lipinski definition) is 2. The van der Waals surface area contributed by atoms with E-state index < -0.39 is 0 Å². The van der Waals surface area contributed by atoms with Crippen LogP contribution in [0.15, 0.2) is 42.5 Å². The Kier molecular flexibility index (Phi) is 6.65. The second-order valence-corrected chi connectivity index (χ2v) is 5.52. The Morgan fingerprint density at radius 1 is 1.08 bits per heavy atom. The smallest absolute Gasteiger partial charge is 0.319 e. The zero-order chi connectivity index (χ0) is 18.2. The Morgan fingerprint density at radius 2 is 1.84 bits per heavy atom. The number of para-hydroxylation sites is 1. The number of rotatable bonds is 7. The third-order valence-corrected chi connectivity index (χ3v) is 3.82. The molecular weight excluding hydrogens is 320 g/mol. The van der Waals surface area contributed by atoms with Gasteiger partial charge in [-0.15, -0.1) is 0 Å². The summed E-state index contributed by atoms with van der Waals surface area (Å²) in [5.41, 5.74) is 2.46. The quantitative estimate of drug-likeness (QED) is 0.803. The van der Waals surface area contributed by atoms with E-state index in [1.807, 2.05) is 49.4 Å². The van der Waals surface area contributed by atoms with E-state index in [4.69, 9.17) is 14.2 Å². The van der Waals surface area contributed by atoms with Crippen LogP contribution in [0, 0.1) is 0 Å². The number of nitrogens with one attached hydrogen (secondary N) is 2. The fourth-order valence-corrected chi connectivity index (χ4v) is 2.53. The summed E-state index contributed by atoms with van der Waals surface area (Å²) in [5, 5.41) is 5.77. The molecule has 6 heteroatoms. The van der Waals surface area contributed by atoms with Crippen molar-refractivity contribution in [2.24, 2.45) is 0 Å². The van der Waals surface area contributed by atoms with E-state index in [9.17, 15) is 4.79 Å². The highest BCUT2D eigenvalue weighted by molar-refractivity contribution is 5.90. The van der Waals surface area contributed by atoms with Crippen molar-refractivity contribution in [3.63, 3.8) is 0 Å². The molecule has 0 bridgehead atoms. The standard InChI is InChI=1S/C19H24N2O4/c1-13(16-11-15(24-3)9-10-18(16)25-4)20-19(22)21-17-8-6-5-7-14(17)12-23-2/h5-11,13H,12H2,1-4H3,(H2,20,21,22). The molecule has 0 aliphatic carbocycles. The zero-order valence-electron chi connectivity index (χ0n) is 15.0. The van der Waals surface area contributed by atoms with Crippen molar-refractivity contribution >= 4 is 11.7 Å². The second-order valence-electron chi connectivity index (χ2n) is 5.52. The van der Waals surface area contributed by atoms with Crippen molar-refractivity contribution in [2.45, 2.75) is 19.6 Å². The van der Waals surface area contributed by atoms with Gasteiger partial charge in [0.1, 0.15) is 11.5 Å². The molecule has 2 N–H and O–H groups in total. The van der Waals surface area contributed by atoms with Crippen LogP contribution < -0.4 is 20.1 Å². The summed E-state index contributed by atoms with van der Waals surface area (Å²) < 4.78 is 15.8. The average Bonchev–Trinajstić information content (AvgIpc) is 2.62. The lowest BCUT2D eigenvalue weighted by molar-refractivity contribution is 0.185. The van der Waals surface area contributed by atoms with E-state index in [1.54, 1.807) is 21.3 Å². The van der Waals surface area contributed by atoms with Gasteiger partial charge in [-0.25, -0.2) is 4.79 Å². The van der Waals surface area contributed by atoms with Gasteiger partial charge in [-0.05, 0) is 31.2 Å². The molecule has 1 unspecified atom stereocenters. The van der Waals surface area contributed by atoms with Crippen LogP contribution in [0.2, 0.25) is 0 Å². The third-order valence-electron chi connectivity index (χ3n) is 3.82. The predicted molar refractivity (Wildman–Crippen MR) is 97.3 cm³/mol. The minimum Gasteiger partial charge on any atom is -0.497 e. The van der Waals surface area contributed by atoms with E-state index >= 15 is 0 Å². The number of methoxy groups -OCH3 is 3. The van der Waals surface area contributed by atoms with Gasteiger partial charge in [-0.1, -0.05) is 18.2 Å². The van der Waals surface area contributed by atoms with Crippen LogP contribution in [0.1, 0.15) is 24.1 Å². The van der Waals surface area contributed by atoms with Crippen LogP contribution in [-0.2, 0) is 11.3 Å². The first-order chi connectivity index (χ1) is 12.1. The summed E-state index contributed by atoms with van der Waals surface area (Å²) in [4.78, 5) is 12.4. The van der Waals surface area contributed by atoms with E-state index in [-0.39, 0.29) is 12.1 Å². The van der Waals surface area contributed by atoms with Crippen LogP contribution in [0.5, 0.6) is 11.5 Å². The summed E-state index contributed by atoms with van der Waals surface area (Å²) >= 11 is 0. The van der Waals surface area contributed by atoms with E-state index in [0.717, 1.165) is 11.1 Å². The maximum Gasteiger partial charge on any atom is 0.319 e. The SMILES string of the molecule is COCc1ccccc1NC(=O)NC(C)c1cc(OC)ccc1OC. The van der Waals surface area contributed by atoms with E-state index in [2.05, 4.69) is 10.6 Å². The zero-order valence-corrected chi connectivity index (χ0v) is 15.0. The summed E-state index contributed by atoms with van der Waals surface area (Å²) in [6.07, 6.45) is 0. The topological polar surface area (TPSA) is 68.8 Å². The molecule has 2 rings (SSSR count). The minimum atomic E-state index is -0.305. The molecule has 0 aliphatic heterocycles. The Morgan fingerprint density at radius 3 is 2.52 bits per heavy atom. The van der Waals surface area contributed by atoms with Gasteiger partial charge >= 0.3 is 6.03 Å². The number of hydrogen-bond acceptors (Lipinski definition) is 4. The van der Waals surface area contributed by atoms with E-state index in [1.165, 1.54) is 0 Å². The van der Waals surface area contributed by atoms with Gasteiger partial charge in [-0.3, -0.25) is 0 Å². The van der Waals surface area contributed by atoms with Crippen LogP contribution in [0.25, 0.3) is 0 Å². The van der Waals surface area contributed by atoms with Crippen molar-refractivity contribution in [3.8, 4) is 11.5 Å². The molecule has 0 saturated heterocycles. The minimum absolute atomic E-state index is 0.264. The highest BCUT2D eigenvalue weighted by atomic mass is 16.5. The molecule has 0 heterocycles. The molecule has 6 nitrogen and oxygen atoms in total. The Hall–Kier alpha value is -2.73. The first-order valence-electron chi connectivity index (χ1n) is 7.95. The van der Waals surface area contributed by atoms with Gasteiger partial charge in [0.25, 0.3) is 0 Å². The van der Waals surface area contributed by atoms with Crippen molar-refractivity contribution in [1.29, 1.82) is 0 Å². The molecule has 0 aromatic heterocycles. The van der Waals surface area contributed by atoms with Crippen molar-refractivity contribution in [2.75, 3.05) is 26.6 Å². The number of urea groups is 1. The van der Waals surface area contributed by atoms with Crippen LogP contribution in [0.4, 0.5) is 10.5 Å². The first kappa shape index (κ1) is 18.6. The molecule has 0 fully saturated rings. The van der Waals surface area contributed by atoms with E-state index in [0.29, 0.717) is 23.8 Å². The lowest BCUT2D eigenvalue weighted by atomic mass is 10.1. The van der Waals surface area contributed by atoms with Crippen LogP contribution >= 0.6 is 0 Å².